The minimum atomic E-state index is 0.274. The maximum absolute atomic E-state index is 8.74. The molecule has 110 valence electrons. The number of hydrogen-bond donors (Lipinski definition) is 1. The molecule has 0 aliphatic carbocycles. The predicted octanol–water partition coefficient (Wildman–Crippen LogP) is 3.27. The highest BCUT2D eigenvalue weighted by molar-refractivity contribution is 5.45. The van der Waals surface area contributed by atoms with Crippen molar-refractivity contribution in [2.75, 3.05) is 18.0 Å². The second kappa shape index (κ2) is 8.55. The van der Waals surface area contributed by atoms with Crippen LogP contribution in [0.3, 0.4) is 0 Å². The average Bonchev–Trinajstić information content (AvgIpc) is 2.45. The SMILES string of the molecule is CCCNC(C)c1ccc(N(CCC#N)C(C)C)cn1. The molecule has 4 nitrogen and oxygen atoms in total. The van der Waals surface area contributed by atoms with Crippen molar-refractivity contribution >= 4 is 5.69 Å². The number of rotatable bonds is 8. The topological polar surface area (TPSA) is 52.0 Å². The predicted molar refractivity (Wildman–Crippen MR) is 83.7 cm³/mol. The van der Waals surface area contributed by atoms with Crippen LogP contribution in [-0.2, 0) is 0 Å². The molecule has 0 aliphatic rings. The van der Waals surface area contributed by atoms with Gasteiger partial charge in [-0.2, -0.15) is 5.26 Å². The van der Waals surface area contributed by atoms with Crippen LogP contribution in [0.4, 0.5) is 5.69 Å². The van der Waals surface area contributed by atoms with E-state index in [1.54, 1.807) is 0 Å². The van der Waals surface area contributed by atoms with Crippen LogP contribution in [0.25, 0.3) is 0 Å². The Morgan fingerprint density at radius 1 is 1.35 bits per heavy atom. The zero-order valence-electron chi connectivity index (χ0n) is 13.1. The van der Waals surface area contributed by atoms with Crippen LogP contribution in [0.15, 0.2) is 18.3 Å². The van der Waals surface area contributed by atoms with Crippen molar-refractivity contribution in [2.24, 2.45) is 0 Å². The van der Waals surface area contributed by atoms with Crippen molar-refractivity contribution in [3.05, 3.63) is 24.0 Å². The second-order valence-electron chi connectivity index (χ2n) is 5.31. The fourth-order valence-electron chi connectivity index (χ4n) is 2.14. The Morgan fingerprint density at radius 2 is 2.10 bits per heavy atom. The lowest BCUT2D eigenvalue weighted by atomic mass is 10.2. The van der Waals surface area contributed by atoms with Gasteiger partial charge in [0.05, 0.1) is 30.1 Å². The number of nitrogens with zero attached hydrogens (tertiary/aromatic N) is 3. The molecule has 1 aromatic heterocycles. The smallest absolute Gasteiger partial charge is 0.0640 e. The molecule has 0 bridgehead atoms. The Balaban J connectivity index is 2.75. The van der Waals surface area contributed by atoms with Crippen molar-refractivity contribution in [1.82, 2.24) is 10.3 Å². The van der Waals surface area contributed by atoms with Crippen molar-refractivity contribution in [3.63, 3.8) is 0 Å². The van der Waals surface area contributed by atoms with E-state index in [0.29, 0.717) is 12.5 Å². The molecule has 1 heterocycles. The van der Waals surface area contributed by atoms with Crippen LogP contribution >= 0.6 is 0 Å². The standard InChI is InChI=1S/C16H26N4/c1-5-10-18-14(4)16-8-7-15(12-19-16)20(13(2)3)11-6-9-17/h7-8,12-14,18H,5-6,10-11H2,1-4H3. The van der Waals surface area contributed by atoms with E-state index in [1.165, 1.54) is 0 Å². The van der Waals surface area contributed by atoms with Crippen molar-refractivity contribution < 1.29 is 0 Å². The van der Waals surface area contributed by atoms with Crippen LogP contribution in [0.1, 0.15) is 52.3 Å². The molecule has 0 aromatic carbocycles. The first-order valence-corrected chi connectivity index (χ1v) is 7.43. The Kier molecular flexibility index (Phi) is 7.03. The fraction of sp³-hybridized carbons (Fsp3) is 0.625. The molecular weight excluding hydrogens is 248 g/mol. The van der Waals surface area contributed by atoms with Gasteiger partial charge in [0.15, 0.2) is 0 Å². The molecule has 1 rings (SSSR count). The van der Waals surface area contributed by atoms with Crippen molar-refractivity contribution in [2.45, 2.75) is 52.6 Å². The van der Waals surface area contributed by atoms with Gasteiger partial charge in [-0.25, -0.2) is 0 Å². The first-order chi connectivity index (χ1) is 9.60. The average molecular weight is 274 g/mol. The number of nitrogens with one attached hydrogen (secondary N) is 1. The molecule has 4 heteroatoms. The molecule has 20 heavy (non-hydrogen) atoms. The molecule has 0 saturated carbocycles. The first kappa shape index (κ1) is 16.5. The Hall–Kier alpha value is -1.60. The lowest BCUT2D eigenvalue weighted by molar-refractivity contribution is 0.558. The van der Waals surface area contributed by atoms with Gasteiger partial charge in [0.1, 0.15) is 0 Å². The lowest BCUT2D eigenvalue weighted by Crippen LogP contribution is -2.31. The summed E-state index contributed by atoms with van der Waals surface area (Å²) in [7, 11) is 0. The largest absolute Gasteiger partial charge is 0.367 e. The van der Waals surface area contributed by atoms with Gasteiger partial charge < -0.3 is 10.2 Å². The fourth-order valence-corrected chi connectivity index (χ4v) is 2.14. The number of pyridine rings is 1. The number of anilines is 1. The third kappa shape index (κ3) is 4.82. The third-order valence-electron chi connectivity index (χ3n) is 3.33. The van der Waals surface area contributed by atoms with Crippen molar-refractivity contribution in [3.8, 4) is 6.07 Å². The first-order valence-electron chi connectivity index (χ1n) is 7.43. The minimum absolute atomic E-state index is 0.274. The zero-order chi connectivity index (χ0) is 15.0. The molecule has 1 aromatic rings. The molecule has 0 saturated heterocycles. The molecular formula is C16H26N4. The summed E-state index contributed by atoms with van der Waals surface area (Å²) < 4.78 is 0. The van der Waals surface area contributed by atoms with Crippen LogP contribution in [-0.4, -0.2) is 24.1 Å². The summed E-state index contributed by atoms with van der Waals surface area (Å²) in [6.07, 6.45) is 3.57. The van der Waals surface area contributed by atoms with E-state index in [1.807, 2.05) is 6.20 Å². The van der Waals surface area contributed by atoms with Gasteiger partial charge in [-0.1, -0.05) is 6.92 Å². The van der Waals surface area contributed by atoms with E-state index in [4.69, 9.17) is 5.26 Å². The Bertz CT molecular complexity index is 419. The summed E-state index contributed by atoms with van der Waals surface area (Å²) in [5.74, 6) is 0. The normalized spacial score (nSPS) is 12.2. The highest BCUT2D eigenvalue weighted by Gasteiger charge is 2.12. The van der Waals surface area contributed by atoms with Gasteiger partial charge >= 0.3 is 0 Å². The van der Waals surface area contributed by atoms with E-state index >= 15 is 0 Å². The zero-order valence-corrected chi connectivity index (χ0v) is 13.1. The van der Waals surface area contributed by atoms with Gasteiger partial charge in [0, 0.05) is 18.6 Å². The van der Waals surface area contributed by atoms with Crippen LogP contribution < -0.4 is 10.2 Å². The van der Waals surface area contributed by atoms with E-state index < -0.39 is 0 Å². The van der Waals surface area contributed by atoms with Gasteiger partial charge in [-0.05, 0) is 45.9 Å². The van der Waals surface area contributed by atoms with Crippen LogP contribution in [0, 0.1) is 11.3 Å². The maximum Gasteiger partial charge on any atom is 0.0640 e. The molecule has 0 aliphatic heterocycles. The molecule has 0 radical (unpaired) electrons. The van der Waals surface area contributed by atoms with E-state index in [-0.39, 0.29) is 6.04 Å². The molecule has 0 fully saturated rings. The van der Waals surface area contributed by atoms with Gasteiger partial charge in [0.2, 0.25) is 0 Å². The van der Waals surface area contributed by atoms with Crippen LogP contribution in [0.5, 0.6) is 0 Å². The molecule has 0 spiro atoms. The summed E-state index contributed by atoms with van der Waals surface area (Å²) >= 11 is 0. The van der Waals surface area contributed by atoms with E-state index in [9.17, 15) is 0 Å². The Labute approximate surface area is 122 Å². The number of aromatic nitrogens is 1. The molecule has 1 N–H and O–H groups in total. The summed E-state index contributed by atoms with van der Waals surface area (Å²) in [6, 6.07) is 7.02. The third-order valence-corrected chi connectivity index (χ3v) is 3.33. The molecule has 1 atom stereocenters. The monoisotopic (exact) mass is 274 g/mol. The highest BCUT2D eigenvalue weighted by Crippen LogP contribution is 2.19. The van der Waals surface area contributed by atoms with Gasteiger partial charge in [0.25, 0.3) is 0 Å². The lowest BCUT2D eigenvalue weighted by Gasteiger charge is -2.28. The van der Waals surface area contributed by atoms with Gasteiger partial charge in [-0.15, -0.1) is 0 Å². The Morgan fingerprint density at radius 3 is 2.60 bits per heavy atom. The van der Waals surface area contributed by atoms with Gasteiger partial charge in [-0.3, -0.25) is 4.98 Å². The van der Waals surface area contributed by atoms with Crippen molar-refractivity contribution in [1.29, 1.82) is 5.26 Å². The summed E-state index contributed by atoms with van der Waals surface area (Å²) in [5.41, 5.74) is 2.15. The van der Waals surface area contributed by atoms with Crippen LogP contribution in [0.2, 0.25) is 0 Å². The van der Waals surface area contributed by atoms with E-state index in [0.717, 1.165) is 30.9 Å². The summed E-state index contributed by atoms with van der Waals surface area (Å²) in [6.45, 7) is 10.3. The molecule has 1 unspecified atom stereocenters. The number of nitriles is 1. The minimum Gasteiger partial charge on any atom is -0.367 e. The summed E-state index contributed by atoms with van der Waals surface area (Å²) in [4.78, 5) is 6.77. The second-order valence-corrected chi connectivity index (χ2v) is 5.31. The summed E-state index contributed by atoms with van der Waals surface area (Å²) in [5, 5.41) is 12.2. The quantitative estimate of drug-likeness (QED) is 0.790. The van der Waals surface area contributed by atoms with E-state index in [2.05, 4.69) is 61.1 Å². The maximum atomic E-state index is 8.74. The highest BCUT2D eigenvalue weighted by atomic mass is 15.2. The number of hydrogen-bond acceptors (Lipinski definition) is 4. The molecule has 0 amide bonds.